The molecule has 2 N–H and O–H groups in total. The van der Waals surface area contributed by atoms with Crippen molar-refractivity contribution in [3.63, 3.8) is 0 Å². The highest BCUT2D eigenvalue weighted by molar-refractivity contribution is 7.17. The number of aromatic nitrogens is 6. The van der Waals surface area contributed by atoms with Crippen LogP contribution in [0.2, 0.25) is 0 Å². The Morgan fingerprint density at radius 1 is 0.944 bits per heavy atom. The zero-order valence-corrected chi connectivity index (χ0v) is 20.1. The summed E-state index contributed by atoms with van der Waals surface area (Å²) in [4.78, 5) is 35.1. The fraction of sp³-hybridized carbons (Fsp3) is 0.250. The summed E-state index contributed by atoms with van der Waals surface area (Å²) in [5.41, 5.74) is 2.31. The van der Waals surface area contributed by atoms with Gasteiger partial charge >= 0.3 is 0 Å². The van der Waals surface area contributed by atoms with Crippen molar-refractivity contribution in [2.24, 2.45) is 0 Å². The molecule has 4 aromatic rings. The number of hydrogen-bond donors (Lipinski definition) is 2. The number of hydrogen-bond acceptors (Lipinski definition) is 10. The molecule has 5 rings (SSSR count). The lowest BCUT2D eigenvalue weighted by Gasteiger charge is -2.13. The van der Waals surface area contributed by atoms with Crippen molar-refractivity contribution in [3.05, 3.63) is 83.0 Å². The molecule has 0 saturated carbocycles. The van der Waals surface area contributed by atoms with Crippen molar-refractivity contribution >= 4 is 34.1 Å². The molecular weight excluding hydrogens is 478 g/mol. The minimum Gasteiger partial charge on any atom is -0.346 e. The van der Waals surface area contributed by atoms with E-state index in [1.807, 2.05) is 36.4 Å². The van der Waals surface area contributed by atoms with E-state index in [-0.39, 0.29) is 24.2 Å². The van der Waals surface area contributed by atoms with Crippen molar-refractivity contribution in [1.29, 1.82) is 0 Å². The van der Waals surface area contributed by atoms with E-state index in [1.165, 1.54) is 11.3 Å². The molecule has 1 atom stereocenters. The maximum atomic E-state index is 12.4. The van der Waals surface area contributed by atoms with Crippen molar-refractivity contribution in [2.45, 2.75) is 25.3 Å². The zero-order chi connectivity index (χ0) is 24.7. The van der Waals surface area contributed by atoms with E-state index in [1.54, 1.807) is 24.5 Å². The summed E-state index contributed by atoms with van der Waals surface area (Å²) in [7, 11) is 0. The lowest BCUT2D eigenvalue weighted by molar-refractivity contribution is -0.115. The number of nitrogens with one attached hydrogen (secondary N) is 2. The van der Waals surface area contributed by atoms with Crippen LogP contribution in [0.25, 0.3) is 0 Å². The predicted molar refractivity (Wildman–Crippen MR) is 133 cm³/mol. The number of carbonyl (C=O) groups is 2. The Morgan fingerprint density at radius 3 is 2.47 bits per heavy atom. The van der Waals surface area contributed by atoms with E-state index in [4.69, 9.17) is 0 Å². The third-order valence-corrected chi connectivity index (χ3v) is 6.65. The van der Waals surface area contributed by atoms with Crippen molar-refractivity contribution in [2.75, 3.05) is 23.3 Å². The smallest absolute Gasteiger partial charge is 0.282 e. The highest BCUT2D eigenvalue weighted by Crippen LogP contribution is 2.31. The zero-order valence-electron chi connectivity index (χ0n) is 19.2. The Morgan fingerprint density at radius 2 is 1.75 bits per heavy atom. The van der Waals surface area contributed by atoms with Gasteiger partial charge < -0.3 is 15.5 Å². The van der Waals surface area contributed by atoms with Gasteiger partial charge in [0, 0.05) is 37.1 Å². The van der Waals surface area contributed by atoms with Crippen LogP contribution in [-0.4, -0.2) is 55.3 Å². The van der Waals surface area contributed by atoms with Crippen LogP contribution in [-0.2, 0) is 17.8 Å². The molecular formula is C24H23N9O2S. The minimum atomic E-state index is -0.272. The van der Waals surface area contributed by atoms with Gasteiger partial charge in [-0.2, -0.15) is 5.10 Å². The van der Waals surface area contributed by atoms with Crippen LogP contribution >= 0.6 is 11.3 Å². The first-order chi connectivity index (χ1) is 17.6. The first-order valence-corrected chi connectivity index (χ1v) is 12.3. The van der Waals surface area contributed by atoms with Crippen LogP contribution in [0.15, 0.2) is 60.9 Å². The van der Waals surface area contributed by atoms with Crippen LogP contribution in [0.3, 0.4) is 0 Å². The average Bonchev–Trinajstić information content (AvgIpc) is 3.59. The van der Waals surface area contributed by atoms with E-state index >= 15 is 0 Å². The summed E-state index contributed by atoms with van der Waals surface area (Å²) in [6.45, 7) is 1.81. The molecule has 1 saturated heterocycles. The largest absolute Gasteiger partial charge is 0.346 e. The van der Waals surface area contributed by atoms with E-state index in [2.05, 4.69) is 45.9 Å². The molecule has 182 valence electrons. The summed E-state index contributed by atoms with van der Waals surface area (Å²) >= 11 is 1.26. The summed E-state index contributed by atoms with van der Waals surface area (Å²) in [6.07, 6.45) is 4.39. The molecule has 12 heteroatoms. The third-order valence-electron chi connectivity index (χ3n) is 5.66. The standard InChI is InChI=1S/C24H23N9O2S/c34-21(13-17-5-1-3-10-25-17)28-20-8-7-19(29-30-20)16-9-12-33(15-16)24-32-31-23(36-24)22(35)27-14-18-6-2-4-11-26-18/h1-8,10-11,16H,9,12-15H2,(H,27,35)(H,28,30,34). The summed E-state index contributed by atoms with van der Waals surface area (Å²) in [5.74, 6) is 0.103. The van der Waals surface area contributed by atoms with E-state index in [0.717, 1.165) is 24.4 Å². The molecule has 0 aromatic carbocycles. The Bertz CT molecular complexity index is 1320. The van der Waals surface area contributed by atoms with Gasteiger partial charge in [-0.05, 0) is 42.8 Å². The second kappa shape index (κ2) is 11.0. The molecule has 36 heavy (non-hydrogen) atoms. The normalized spacial score (nSPS) is 15.0. The van der Waals surface area contributed by atoms with E-state index in [0.29, 0.717) is 34.7 Å². The topological polar surface area (TPSA) is 139 Å². The molecule has 1 unspecified atom stereocenters. The summed E-state index contributed by atoms with van der Waals surface area (Å²) < 4.78 is 0. The van der Waals surface area contributed by atoms with Gasteiger partial charge in [-0.15, -0.1) is 15.3 Å². The summed E-state index contributed by atoms with van der Waals surface area (Å²) in [6, 6.07) is 14.6. The molecule has 11 nitrogen and oxygen atoms in total. The lowest BCUT2D eigenvalue weighted by atomic mass is 10.1. The lowest BCUT2D eigenvalue weighted by Crippen LogP contribution is -2.23. The fourth-order valence-electron chi connectivity index (χ4n) is 3.84. The van der Waals surface area contributed by atoms with Gasteiger partial charge in [0.25, 0.3) is 5.91 Å². The van der Waals surface area contributed by atoms with Gasteiger partial charge in [0.15, 0.2) is 5.82 Å². The van der Waals surface area contributed by atoms with Gasteiger partial charge in [-0.25, -0.2) is 0 Å². The number of rotatable bonds is 8. The second-order valence-corrected chi connectivity index (χ2v) is 9.17. The Kier molecular flexibility index (Phi) is 7.12. The van der Waals surface area contributed by atoms with E-state index < -0.39 is 0 Å². The predicted octanol–water partition coefficient (Wildman–Crippen LogP) is 2.22. The SMILES string of the molecule is O=C(Cc1ccccn1)Nc1ccc(C2CCN(c3nnc(C(=O)NCc4ccccn4)s3)C2)nn1. The van der Waals surface area contributed by atoms with Crippen molar-refractivity contribution in [3.8, 4) is 0 Å². The monoisotopic (exact) mass is 501 g/mol. The maximum Gasteiger partial charge on any atom is 0.282 e. The average molecular weight is 502 g/mol. The highest BCUT2D eigenvalue weighted by atomic mass is 32.1. The molecule has 0 spiro atoms. The first-order valence-electron chi connectivity index (χ1n) is 11.4. The third kappa shape index (κ3) is 5.84. The van der Waals surface area contributed by atoms with Gasteiger partial charge in [0.05, 0.1) is 24.4 Å². The van der Waals surface area contributed by atoms with Crippen LogP contribution in [0, 0.1) is 0 Å². The van der Waals surface area contributed by atoms with Gasteiger partial charge in [-0.3, -0.25) is 19.6 Å². The number of amides is 2. The molecule has 1 aliphatic heterocycles. The second-order valence-electron chi connectivity index (χ2n) is 8.21. The molecule has 4 aromatic heterocycles. The number of anilines is 2. The highest BCUT2D eigenvalue weighted by Gasteiger charge is 2.28. The van der Waals surface area contributed by atoms with Gasteiger partial charge in [0.2, 0.25) is 16.0 Å². The first kappa shape index (κ1) is 23.4. The maximum absolute atomic E-state index is 12.4. The number of nitrogens with zero attached hydrogens (tertiary/aromatic N) is 7. The van der Waals surface area contributed by atoms with Crippen molar-refractivity contribution < 1.29 is 9.59 Å². The number of carbonyl (C=O) groups excluding carboxylic acids is 2. The van der Waals surface area contributed by atoms with Crippen LogP contribution in [0.4, 0.5) is 10.9 Å². The van der Waals surface area contributed by atoms with Crippen LogP contribution in [0.1, 0.15) is 39.2 Å². The summed E-state index contributed by atoms with van der Waals surface area (Å²) in [5, 5.41) is 23.4. The fourth-order valence-corrected chi connectivity index (χ4v) is 4.64. The molecule has 1 fully saturated rings. The molecule has 2 amide bonds. The molecule has 1 aliphatic rings. The number of pyridine rings is 2. The van der Waals surface area contributed by atoms with Crippen LogP contribution < -0.4 is 15.5 Å². The Labute approximate surface area is 211 Å². The van der Waals surface area contributed by atoms with Gasteiger partial charge in [0.1, 0.15) is 0 Å². The minimum absolute atomic E-state index is 0.168. The van der Waals surface area contributed by atoms with E-state index in [9.17, 15) is 9.59 Å². The Balaban J connectivity index is 1.13. The van der Waals surface area contributed by atoms with Gasteiger partial charge in [-0.1, -0.05) is 23.5 Å². The van der Waals surface area contributed by atoms with Crippen molar-refractivity contribution in [1.82, 2.24) is 35.7 Å². The van der Waals surface area contributed by atoms with Crippen LogP contribution in [0.5, 0.6) is 0 Å². The molecule has 5 heterocycles. The molecule has 0 aliphatic carbocycles. The molecule has 0 bridgehead atoms. The molecule has 0 radical (unpaired) electrons. The Hall–Kier alpha value is -4.32. The quantitative estimate of drug-likeness (QED) is 0.372.